The van der Waals surface area contributed by atoms with Gasteiger partial charge in [0.15, 0.2) is 0 Å². The van der Waals surface area contributed by atoms with Crippen molar-refractivity contribution >= 4 is 11.8 Å². The number of furan rings is 1. The zero-order valence-corrected chi connectivity index (χ0v) is 11.9. The van der Waals surface area contributed by atoms with Crippen molar-refractivity contribution in [2.45, 2.75) is 39.2 Å². The molecule has 1 N–H and O–H groups in total. The van der Waals surface area contributed by atoms with Crippen LogP contribution in [0.25, 0.3) is 0 Å². The third-order valence-electron chi connectivity index (χ3n) is 3.63. The van der Waals surface area contributed by atoms with E-state index in [1.165, 1.54) is 0 Å². The highest BCUT2D eigenvalue weighted by Gasteiger charge is 2.33. The molecule has 0 aliphatic carbocycles. The Hall–Kier alpha value is -1.78. The molecule has 2 heterocycles. The zero-order valence-electron chi connectivity index (χ0n) is 11.9. The molecule has 0 saturated carbocycles. The van der Waals surface area contributed by atoms with Crippen molar-refractivity contribution in [1.82, 2.24) is 10.2 Å². The van der Waals surface area contributed by atoms with Gasteiger partial charge in [-0.2, -0.15) is 0 Å². The second-order valence-corrected chi connectivity index (χ2v) is 5.25. The lowest BCUT2D eigenvalue weighted by molar-refractivity contribution is -0.129. The van der Waals surface area contributed by atoms with E-state index in [1.54, 1.807) is 12.3 Å². The van der Waals surface area contributed by atoms with Gasteiger partial charge in [0.25, 0.3) is 0 Å². The average molecular weight is 278 g/mol. The van der Waals surface area contributed by atoms with E-state index < -0.39 is 0 Å². The Labute approximate surface area is 119 Å². The molecule has 2 rings (SSSR count). The molecule has 1 aliphatic rings. The van der Waals surface area contributed by atoms with E-state index in [0.29, 0.717) is 19.5 Å². The van der Waals surface area contributed by atoms with Crippen molar-refractivity contribution in [3.63, 3.8) is 0 Å². The molecule has 110 valence electrons. The van der Waals surface area contributed by atoms with Gasteiger partial charge in [0.05, 0.1) is 18.7 Å². The van der Waals surface area contributed by atoms with Gasteiger partial charge in [0.1, 0.15) is 5.76 Å². The zero-order chi connectivity index (χ0) is 14.4. The molecular weight excluding hydrogens is 256 g/mol. The average Bonchev–Trinajstić information content (AvgIpc) is 3.07. The maximum absolute atomic E-state index is 12.0. The van der Waals surface area contributed by atoms with Gasteiger partial charge in [-0.15, -0.1) is 0 Å². The molecule has 1 saturated heterocycles. The summed E-state index contributed by atoms with van der Waals surface area (Å²) in [5.41, 5.74) is 0. The van der Waals surface area contributed by atoms with Crippen LogP contribution in [-0.2, 0) is 16.1 Å². The van der Waals surface area contributed by atoms with Gasteiger partial charge in [-0.1, -0.05) is 19.8 Å². The Morgan fingerprint density at radius 3 is 3.05 bits per heavy atom. The van der Waals surface area contributed by atoms with Crippen LogP contribution < -0.4 is 5.32 Å². The predicted octanol–water partition coefficient (Wildman–Crippen LogP) is 1.93. The first kappa shape index (κ1) is 14.6. The van der Waals surface area contributed by atoms with Crippen LogP contribution in [-0.4, -0.2) is 29.8 Å². The predicted molar refractivity (Wildman–Crippen MR) is 74.8 cm³/mol. The highest BCUT2D eigenvalue weighted by atomic mass is 16.3. The Balaban J connectivity index is 1.75. The first-order valence-corrected chi connectivity index (χ1v) is 7.28. The molecule has 1 aliphatic heterocycles. The minimum atomic E-state index is -0.223. The topological polar surface area (TPSA) is 62.6 Å². The number of carbonyl (C=O) groups is 2. The molecule has 20 heavy (non-hydrogen) atoms. The van der Waals surface area contributed by atoms with E-state index in [0.717, 1.165) is 31.6 Å². The van der Waals surface area contributed by atoms with Crippen LogP contribution in [0.5, 0.6) is 0 Å². The molecule has 0 spiro atoms. The largest absolute Gasteiger partial charge is 0.467 e. The van der Waals surface area contributed by atoms with Crippen molar-refractivity contribution in [3.05, 3.63) is 24.2 Å². The quantitative estimate of drug-likeness (QED) is 0.775. The molecule has 1 atom stereocenters. The van der Waals surface area contributed by atoms with Gasteiger partial charge < -0.3 is 14.6 Å². The SMILES string of the molecule is CCCCCN1CC(C(=O)NCc2ccco2)CC1=O. The maximum atomic E-state index is 12.0. The smallest absolute Gasteiger partial charge is 0.225 e. The monoisotopic (exact) mass is 278 g/mol. The lowest BCUT2D eigenvalue weighted by atomic mass is 10.1. The van der Waals surface area contributed by atoms with Crippen molar-refractivity contribution in [1.29, 1.82) is 0 Å². The Morgan fingerprint density at radius 1 is 1.50 bits per heavy atom. The summed E-state index contributed by atoms with van der Waals surface area (Å²) in [7, 11) is 0. The molecule has 0 aromatic carbocycles. The van der Waals surface area contributed by atoms with Gasteiger partial charge >= 0.3 is 0 Å². The molecule has 0 radical (unpaired) electrons. The lowest BCUT2D eigenvalue weighted by Crippen LogP contribution is -2.32. The summed E-state index contributed by atoms with van der Waals surface area (Å²) in [4.78, 5) is 25.7. The third kappa shape index (κ3) is 3.85. The van der Waals surface area contributed by atoms with Gasteiger partial charge in [-0.05, 0) is 18.6 Å². The Morgan fingerprint density at radius 2 is 2.35 bits per heavy atom. The Bertz CT molecular complexity index is 442. The number of nitrogens with zero attached hydrogens (tertiary/aromatic N) is 1. The van der Waals surface area contributed by atoms with Gasteiger partial charge in [0, 0.05) is 19.5 Å². The standard InChI is InChI=1S/C15H22N2O3/c1-2-3-4-7-17-11-12(9-14(17)18)15(19)16-10-13-6-5-8-20-13/h5-6,8,12H,2-4,7,9-11H2,1H3,(H,16,19). The van der Waals surface area contributed by atoms with Gasteiger partial charge in [-0.25, -0.2) is 0 Å². The fourth-order valence-electron chi connectivity index (χ4n) is 2.45. The minimum Gasteiger partial charge on any atom is -0.467 e. The molecule has 5 nitrogen and oxygen atoms in total. The summed E-state index contributed by atoms with van der Waals surface area (Å²) >= 11 is 0. The third-order valence-corrected chi connectivity index (χ3v) is 3.63. The first-order valence-electron chi connectivity index (χ1n) is 7.28. The number of unbranched alkanes of at least 4 members (excludes halogenated alkanes) is 2. The van der Waals surface area contributed by atoms with E-state index in [4.69, 9.17) is 4.42 Å². The number of hydrogen-bond donors (Lipinski definition) is 1. The molecule has 1 aromatic rings. The molecular formula is C15H22N2O3. The van der Waals surface area contributed by atoms with Crippen LogP contribution in [0.15, 0.2) is 22.8 Å². The summed E-state index contributed by atoms with van der Waals surface area (Å²) in [5.74, 6) is 0.536. The number of carbonyl (C=O) groups excluding carboxylic acids is 2. The highest BCUT2D eigenvalue weighted by Crippen LogP contribution is 2.18. The molecule has 1 fully saturated rings. The second kappa shape index (κ2) is 7.12. The van der Waals surface area contributed by atoms with E-state index in [9.17, 15) is 9.59 Å². The number of nitrogens with one attached hydrogen (secondary N) is 1. The second-order valence-electron chi connectivity index (χ2n) is 5.25. The van der Waals surface area contributed by atoms with Crippen molar-refractivity contribution in [2.24, 2.45) is 5.92 Å². The fraction of sp³-hybridized carbons (Fsp3) is 0.600. The van der Waals surface area contributed by atoms with Gasteiger partial charge in [-0.3, -0.25) is 9.59 Å². The molecule has 5 heteroatoms. The summed E-state index contributed by atoms with van der Waals surface area (Å²) in [6.07, 6.45) is 5.18. The summed E-state index contributed by atoms with van der Waals surface area (Å²) < 4.78 is 5.16. The number of rotatable bonds is 7. The molecule has 1 unspecified atom stereocenters. The summed E-state index contributed by atoms with van der Waals surface area (Å²) in [6, 6.07) is 3.60. The van der Waals surface area contributed by atoms with Crippen LogP contribution in [0.1, 0.15) is 38.4 Å². The number of hydrogen-bond acceptors (Lipinski definition) is 3. The van der Waals surface area contributed by atoms with Crippen molar-refractivity contribution in [2.75, 3.05) is 13.1 Å². The fourth-order valence-corrected chi connectivity index (χ4v) is 2.45. The van der Waals surface area contributed by atoms with Crippen molar-refractivity contribution < 1.29 is 14.0 Å². The van der Waals surface area contributed by atoms with E-state index in [-0.39, 0.29) is 17.7 Å². The summed E-state index contributed by atoms with van der Waals surface area (Å²) in [6.45, 7) is 3.84. The lowest BCUT2D eigenvalue weighted by Gasteiger charge is -2.16. The Kier molecular flexibility index (Phi) is 5.21. The maximum Gasteiger partial charge on any atom is 0.225 e. The van der Waals surface area contributed by atoms with E-state index in [1.807, 2.05) is 11.0 Å². The molecule has 2 amide bonds. The van der Waals surface area contributed by atoms with E-state index in [2.05, 4.69) is 12.2 Å². The molecule has 0 bridgehead atoms. The van der Waals surface area contributed by atoms with Crippen molar-refractivity contribution in [3.8, 4) is 0 Å². The highest BCUT2D eigenvalue weighted by molar-refractivity contribution is 5.89. The van der Waals surface area contributed by atoms with Crippen LogP contribution in [0.2, 0.25) is 0 Å². The van der Waals surface area contributed by atoms with Crippen LogP contribution >= 0.6 is 0 Å². The van der Waals surface area contributed by atoms with Gasteiger partial charge in [0.2, 0.25) is 11.8 Å². The molecule has 1 aromatic heterocycles. The first-order chi connectivity index (χ1) is 9.70. The van der Waals surface area contributed by atoms with Crippen LogP contribution in [0, 0.1) is 5.92 Å². The van der Waals surface area contributed by atoms with Crippen LogP contribution in [0.4, 0.5) is 0 Å². The normalized spacial score (nSPS) is 18.6. The number of amides is 2. The van der Waals surface area contributed by atoms with E-state index >= 15 is 0 Å². The summed E-state index contributed by atoms with van der Waals surface area (Å²) in [5, 5.41) is 2.82. The van der Waals surface area contributed by atoms with Crippen LogP contribution in [0.3, 0.4) is 0 Å². The number of likely N-dealkylation sites (tertiary alicyclic amines) is 1. The minimum absolute atomic E-state index is 0.0623.